The molecule has 0 atom stereocenters. The first-order chi connectivity index (χ1) is 10.3. The Hall–Kier alpha value is -2.21. The van der Waals surface area contributed by atoms with Crippen molar-refractivity contribution in [2.45, 2.75) is 25.7 Å². The van der Waals surface area contributed by atoms with E-state index in [9.17, 15) is 4.79 Å². The first kappa shape index (κ1) is 12.5. The minimum atomic E-state index is -0.0952. The van der Waals surface area contributed by atoms with Gasteiger partial charge in [0.25, 0.3) is 5.56 Å². The standard InChI is InChI=1S/C15H13N3O2S/c19-15-13-11-5-1-2-6-12(11)21-14(13)16-9-18(15)17-8-10-4-3-7-20-10/h3-4,7-9H,1-2,5-6H2. The molecule has 0 radical (unpaired) electrons. The molecule has 0 bridgehead atoms. The lowest BCUT2D eigenvalue weighted by Gasteiger charge is -2.09. The van der Waals surface area contributed by atoms with Crippen molar-refractivity contribution >= 4 is 27.8 Å². The van der Waals surface area contributed by atoms with E-state index in [0.29, 0.717) is 5.76 Å². The third-order valence-corrected chi connectivity index (χ3v) is 4.91. The number of rotatable bonds is 2. The lowest BCUT2D eigenvalue weighted by Crippen LogP contribution is -2.17. The van der Waals surface area contributed by atoms with Gasteiger partial charge in [-0.2, -0.15) is 9.78 Å². The van der Waals surface area contributed by atoms with E-state index in [1.807, 2.05) is 0 Å². The summed E-state index contributed by atoms with van der Waals surface area (Å²) < 4.78 is 6.46. The fourth-order valence-corrected chi connectivity index (χ4v) is 3.92. The molecule has 0 N–H and O–H groups in total. The molecule has 0 saturated heterocycles. The normalized spacial score (nSPS) is 14.9. The zero-order valence-electron chi connectivity index (χ0n) is 11.3. The summed E-state index contributed by atoms with van der Waals surface area (Å²) >= 11 is 1.64. The van der Waals surface area contributed by atoms with E-state index in [2.05, 4.69) is 10.1 Å². The molecule has 0 spiro atoms. The van der Waals surface area contributed by atoms with Crippen LogP contribution in [0.1, 0.15) is 29.0 Å². The van der Waals surface area contributed by atoms with E-state index >= 15 is 0 Å². The number of aryl methyl sites for hydroxylation is 2. The topological polar surface area (TPSA) is 60.4 Å². The maximum atomic E-state index is 12.6. The van der Waals surface area contributed by atoms with Gasteiger partial charge in [0.15, 0.2) is 0 Å². The number of nitrogens with zero attached hydrogens (tertiary/aromatic N) is 3. The number of fused-ring (bicyclic) bond motifs is 3. The molecule has 1 aliphatic carbocycles. The van der Waals surface area contributed by atoms with Crippen molar-refractivity contribution in [3.8, 4) is 0 Å². The van der Waals surface area contributed by atoms with Gasteiger partial charge in [-0.05, 0) is 43.4 Å². The fourth-order valence-electron chi connectivity index (χ4n) is 2.70. The van der Waals surface area contributed by atoms with Crippen molar-refractivity contribution in [2.24, 2.45) is 5.10 Å². The molecule has 4 rings (SSSR count). The summed E-state index contributed by atoms with van der Waals surface area (Å²) in [6.45, 7) is 0. The number of furan rings is 1. The summed E-state index contributed by atoms with van der Waals surface area (Å²) in [7, 11) is 0. The van der Waals surface area contributed by atoms with Gasteiger partial charge >= 0.3 is 0 Å². The quantitative estimate of drug-likeness (QED) is 0.684. The molecule has 3 aromatic heterocycles. The van der Waals surface area contributed by atoms with Gasteiger partial charge in [0, 0.05) is 4.88 Å². The van der Waals surface area contributed by atoms with E-state index < -0.39 is 0 Å². The van der Waals surface area contributed by atoms with Crippen LogP contribution < -0.4 is 5.56 Å². The van der Waals surface area contributed by atoms with Crippen molar-refractivity contribution in [1.29, 1.82) is 0 Å². The highest BCUT2D eigenvalue weighted by Crippen LogP contribution is 2.33. The Balaban J connectivity index is 1.84. The maximum Gasteiger partial charge on any atom is 0.282 e. The van der Waals surface area contributed by atoms with Gasteiger partial charge in [0.05, 0.1) is 17.9 Å². The molecule has 0 saturated carbocycles. The number of hydrogen-bond donors (Lipinski definition) is 0. The Morgan fingerprint density at radius 1 is 1.38 bits per heavy atom. The molecular formula is C15H13N3O2S. The summed E-state index contributed by atoms with van der Waals surface area (Å²) in [5.74, 6) is 0.606. The van der Waals surface area contributed by atoms with Crippen molar-refractivity contribution in [2.75, 3.05) is 0 Å². The molecule has 5 nitrogen and oxygen atoms in total. The van der Waals surface area contributed by atoms with Crippen LogP contribution in [-0.4, -0.2) is 15.9 Å². The van der Waals surface area contributed by atoms with Crippen molar-refractivity contribution in [1.82, 2.24) is 9.66 Å². The SMILES string of the molecule is O=c1c2c3c(sc2ncn1N=Cc1ccco1)CCCC3. The zero-order chi connectivity index (χ0) is 14.2. The Morgan fingerprint density at radius 3 is 3.14 bits per heavy atom. The summed E-state index contributed by atoms with van der Waals surface area (Å²) in [4.78, 5) is 19.1. The molecule has 3 heterocycles. The van der Waals surface area contributed by atoms with E-state index in [1.165, 1.54) is 34.1 Å². The molecule has 3 aromatic rings. The third-order valence-electron chi connectivity index (χ3n) is 3.71. The number of hydrogen-bond acceptors (Lipinski definition) is 5. The number of aromatic nitrogens is 2. The van der Waals surface area contributed by atoms with Crippen molar-refractivity contribution in [3.05, 3.63) is 51.3 Å². The van der Waals surface area contributed by atoms with Crippen LogP contribution in [0.4, 0.5) is 0 Å². The highest BCUT2D eigenvalue weighted by Gasteiger charge is 2.19. The van der Waals surface area contributed by atoms with Crippen LogP contribution in [0.3, 0.4) is 0 Å². The second-order valence-corrected chi connectivity index (χ2v) is 6.13. The van der Waals surface area contributed by atoms with E-state index in [-0.39, 0.29) is 5.56 Å². The van der Waals surface area contributed by atoms with E-state index in [1.54, 1.807) is 29.7 Å². The highest BCUT2D eigenvalue weighted by atomic mass is 32.1. The van der Waals surface area contributed by atoms with Gasteiger partial charge in [-0.25, -0.2) is 4.98 Å². The average Bonchev–Trinajstić information content (AvgIpc) is 3.13. The van der Waals surface area contributed by atoms with E-state index in [4.69, 9.17) is 4.42 Å². The smallest absolute Gasteiger partial charge is 0.282 e. The molecule has 0 aliphatic heterocycles. The summed E-state index contributed by atoms with van der Waals surface area (Å²) in [6.07, 6.45) is 8.94. The zero-order valence-corrected chi connectivity index (χ0v) is 12.1. The van der Waals surface area contributed by atoms with Crippen LogP contribution in [0.15, 0.2) is 39.0 Å². The Bertz CT molecular complexity index is 874. The lowest BCUT2D eigenvalue weighted by molar-refractivity contribution is 0.559. The van der Waals surface area contributed by atoms with Gasteiger partial charge in [-0.15, -0.1) is 11.3 Å². The van der Waals surface area contributed by atoms with Gasteiger partial charge in [0.1, 0.15) is 16.9 Å². The van der Waals surface area contributed by atoms with Crippen LogP contribution in [0.5, 0.6) is 0 Å². The molecule has 0 aromatic carbocycles. The number of thiophene rings is 1. The Morgan fingerprint density at radius 2 is 2.29 bits per heavy atom. The third kappa shape index (κ3) is 2.12. The first-order valence-corrected chi connectivity index (χ1v) is 7.74. The van der Waals surface area contributed by atoms with Gasteiger partial charge in [-0.3, -0.25) is 4.79 Å². The van der Waals surface area contributed by atoms with Crippen LogP contribution >= 0.6 is 11.3 Å². The van der Waals surface area contributed by atoms with Gasteiger partial charge in [0.2, 0.25) is 0 Å². The van der Waals surface area contributed by atoms with E-state index in [0.717, 1.165) is 29.5 Å². The van der Waals surface area contributed by atoms with Crippen LogP contribution in [0, 0.1) is 0 Å². The van der Waals surface area contributed by atoms with Gasteiger partial charge in [-0.1, -0.05) is 0 Å². The molecule has 6 heteroatoms. The summed E-state index contributed by atoms with van der Waals surface area (Å²) in [6, 6.07) is 3.56. The maximum absolute atomic E-state index is 12.6. The predicted molar refractivity (Wildman–Crippen MR) is 82.2 cm³/mol. The van der Waals surface area contributed by atoms with Gasteiger partial charge < -0.3 is 4.42 Å². The fraction of sp³-hybridized carbons (Fsp3) is 0.267. The lowest BCUT2D eigenvalue weighted by atomic mass is 9.97. The van der Waals surface area contributed by atoms with Crippen LogP contribution in [-0.2, 0) is 12.8 Å². The minimum absolute atomic E-state index is 0.0952. The molecule has 0 unspecified atom stereocenters. The second kappa shape index (κ2) is 4.96. The highest BCUT2D eigenvalue weighted by molar-refractivity contribution is 7.18. The average molecular weight is 299 g/mol. The van der Waals surface area contributed by atoms with Crippen LogP contribution in [0.25, 0.3) is 10.2 Å². The molecular weight excluding hydrogens is 286 g/mol. The van der Waals surface area contributed by atoms with Crippen molar-refractivity contribution in [3.63, 3.8) is 0 Å². The Labute approximate surface area is 124 Å². The monoisotopic (exact) mass is 299 g/mol. The Kier molecular flexibility index (Phi) is 2.96. The molecule has 0 fully saturated rings. The summed E-state index contributed by atoms with van der Waals surface area (Å²) in [5.41, 5.74) is 1.09. The largest absolute Gasteiger partial charge is 0.463 e. The molecule has 21 heavy (non-hydrogen) atoms. The molecule has 1 aliphatic rings. The van der Waals surface area contributed by atoms with Crippen LogP contribution in [0.2, 0.25) is 0 Å². The second-order valence-electron chi connectivity index (χ2n) is 5.05. The predicted octanol–water partition coefficient (Wildman–Crippen LogP) is 2.81. The molecule has 0 amide bonds. The minimum Gasteiger partial charge on any atom is -0.463 e. The summed E-state index contributed by atoms with van der Waals surface area (Å²) in [5, 5.41) is 4.90. The van der Waals surface area contributed by atoms with Crippen molar-refractivity contribution < 1.29 is 4.42 Å². The first-order valence-electron chi connectivity index (χ1n) is 6.93. The molecule has 106 valence electrons.